The van der Waals surface area contributed by atoms with E-state index < -0.39 is 16.1 Å². The van der Waals surface area contributed by atoms with Crippen molar-refractivity contribution in [3.8, 4) is 35.8 Å². The van der Waals surface area contributed by atoms with Crippen LogP contribution in [0.5, 0.6) is 0 Å². The molecule has 0 aliphatic heterocycles. The van der Waals surface area contributed by atoms with E-state index in [1.807, 2.05) is 39.7 Å². The van der Waals surface area contributed by atoms with Crippen LogP contribution in [0, 0.1) is 39.3 Å². The largest absolute Gasteiger partial charge is 0.275 e. The third-order valence-electron chi connectivity index (χ3n) is 3.26. The molecule has 3 heterocycles. The van der Waals surface area contributed by atoms with Gasteiger partial charge in [-0.1, -0.05) is 73.4 Å². The first-order valence-corrected chi connectivity index (χ1v) is 18.3. The summed E-state index contributed by atoms with van der Waals surface area (Å²) in [4.78, 5) is 0. The lowest BCUT2D eigenvalue weighted by molar-refractivity contribution is 0.767. The summed E-state index contributed by atoms with van der Waals surface area (Å²) in [6.45, 7) is 13.1. The Morgan fingerprint density at radius 1 is 0.703 bits per heavy atom. The fourth-order valence-electron chi connectivity index (χ4n) is 1.63. The van der Waals surface area contributed by atoms with Crippen LogP contribution >= 0.6 is 22.6 Å². The van der Waals surface area contributed by atoms with Crippen LogP contribution in [-0.2, 0) is 21.1 Å². The zero-order valence-corrected chi connectivity index (χ0v) is 25.7. The molecule has 10 heteroatoms. The van der Waals surface area contributed by atoms with Gasteiger partial charge in [0.25, 0.3) is 0 Å². The average molecular weight is 659 g/mol. The molecule has 3 rings (SSSR count). The van der Waals surface area contributed by atoms with Gasteiger partial charge in [0.15, 0.2) is 0 Å². The molecule has 0 bridgehead atoms. The Morgan fingerprint density at radius 2 is 1.08 bits per heavy atom. The van der Waals surface area contributed by atoms with E-state index in [4.69, 9.17) is 12.8 Å². The third kappa shape index (κ3) is 26.3. The summed E-state index contributed by atoms with van der Waals surface area (Å²) < 4.78 is 6.41. The van der Waals surface area contributed by atoms with Crippen molar-refractivity contribution in [1.29, 1.82) is 0 Å². The molecule has 0 saturated heterocycles. The van der Waals surface area contributed by atoms with Gasteiger partial charge in [0.05, 0.1) is 33.3 Å². The highest BCUT2D eigenvalue weighted by Gasteiger charge is 2.07. The van der Waals surface area contributed by atoms with Crippen molar-refractivity contribution in [1.82, 2.24) is 29.3 Å². The lowest BCUT2D eigenvalue weighted by Gasteiger charge is -2.02. The first-order chi connectivity index (χ1) is 15.1. The van der Waals surface area contributed by atoms with Gasteiger partial charge in [-0.05, 0) is 22.6 Å². The summed E-state index contributed by atoms with van der Waals surface area (Å²) in [7, 11) is 3.31. The van der Waals surface area contributed by atoms with Gasteiger partial charge in [-0.25, -0.2) is 0 Å². The lowest BCUT2D eigenvalue weighted by atomic mass is 10.4. The smallest absolute Gasteiger partial charge is 0.129 e. The number of terminal acetylenes is 2. The summed E-state index contributed by atoms with van der Waals surface area (Å²) in [6, 6.07) is 0. The van der Waals surface area contributed by atoms with E-state index in [0.29, 0.717) is 0 Å². The molecule has 0 unspecified atom stereocenters. The van der Waals surface area contributed by atoms with Gasteiger partial charge in [-0.15, -0.1) is 23.9 Å². The van der Waals surface area contributed by atoms with Crippen molar-refractivity contribution >= 4 is 38.7 Å². The Balaban J connectivity index is -0.000000123. The predicted octanol–water partition coefficient (Wildman–Crippen LogP) is 6.63. The van der Waals surface area contributed by atoms with Crippen LogP contribution in [0.4, 0.5) is 4.70 Å². The fraction of sp³-hybridized carbons (Fsp3) is 0.444. The second kappa shape index (κ2) is 21.5. The highest BCUT2D eigenvalue weighted by molar-refractivity contribution is 14.1. The van der Waals surface area contributed by atoms with Crippen LogP contribution in [0.3, 0.4) is 0 Å². The molecular weight excluding hydrogens is 610 g/mol. The predicted molar refractivity (Wildman–Crippen MR) is 175 cm³/mol. The van der Waals surface area contributed by atoms with Gasteiger partial charge in [-0.3, -0.25) is 18.7 Å². The number of nitrogens with zero attached hydrogens (tertiary/aromatic N) is 6. The third-order valence-corrected chi connectivity index (χ3v) is 5.56. The molecule has 37 heavy (non-hydrogen) atoms. The number of rotatable bonds is 0. The molecule has 208 valence electrons. The molecule has 0 N–H and O–H groups in total. The number of aromatic nitrogens is 6. The molecule has 0 atom stereocenters. The van der Waals surface area contributed by atoms with Crippen LogP contribution in [-0.4, -0.2) is 45.5 Å². The maximum atomic E-state index is 5.12. The standard InChI is InChI=1S/C9H14N2Si.C6H6N2.C5H10Si.C4H5IN2.3CH4.FH/c1-11-8-9(7-10-11)5-6-12(2,3)4;1-3-6-4-7-8(2)5-6;1-5-6(2,3)4;1-7-3-4(5)2-6-7;;;;/h7-8H,1-4H3;1,4-5H,2H3;1H,2-4H3;2-3H,1H3;3*1H4;1H. The molecule has 0 radical (unpaired) electrons. The van der Waals surface area contributed by atoms with Crippen molar-refractivity contribution in [3.63, 3.8) is 0 Å². The Kier molecular flexibility index (Phi) is 25.8. The first-order valence-electron chi connectivity index (χ1n) is 10.2. The van der Waals surface area contributed by atoms with Crippen LogP contribution in [0.1, 0.15) is 33.4 Å². The van der Waals surface area contributed by atoms with Crippen molar-refractivity contribution in [2.45, 2.75) is 61.6 Å². The average Bonchev–Trinajstić information content (AvgIpc) is 3.42. The Bertz CT molecular complexity index is 1110. The van der Waals surface area contributed by atoms with E-state index in [2.05, 4.69) is 100 Å². The molecule has 0 aromatic carbocycles. The molecule has 0 saturated carbocycles. The Morgan fingerprint density at radius 3 is 1.27 bits per heavy atom. The van der Waals surface area contributed by atoms with Gasteiger partial charge in [0, 0.05) is 39.7 Å². The van der Waals surface area contributed by atoms with Crippen molar-refractivity contribution in [2.75, 3.05) is 0 Å². The first kappa shape index (κ1) is 44.4. The molecule has 0 amide bonds. The number of aryl methyl sites for hydroxylation is 3. The molecule has 3 aromatic heterocycles. The molecule has 0 spiro atoms. The summed E-state index contributed by atoms with van der Waals surface area (Å²) in [5, 5.41) is 11.8. The summed E-state index contributed by atoms with van der Waals surface area (Å²) in [5.41, 5.74) is 7.87. The lowest BCUT2D eigenvalue weighted by Crippen LogP contribution is -2.16. The fourth-order valence-corrected chi connectivity index (χ4v) is 2.68. The van der Waals surface area contributed by atoms with E-state index in [0.717, 1.165) is 11.1 Å². The van der Waals surface area contributed by atoms with E-state index in [1.54, 1.807) is 32.6 Å². The Labute approximate surface area is 242 Å². The van der Waals surface area contributed by atoms with E-state index >= 15 is 0 Å². The monoisotopic (exact) mass is 658 g/mol. The van der Waals surface area contributed by atoms with E-state index in [1.165, 1.54) is 3.57 Å². The van der Waals surface area contributed by atoms with Crippen molar-refractivity contribution in [2.24, 2.45) is 21.1 Å². The second-order valence-electron chi connectivity index (χ2n) is 9.18. The van der Waals surface area contributed by atoms with Crippen LogP contribution in [0.15, 0.2) is 37.2 Å². The summed E-state index contributed by atoms with van der Waals surface area (Å²) in [5.74, 6) is 5.60. The second-order valence-corrected chi connectivity index (χ2v) is 20.0. The van der Waals surface area contributed by atoms with E-state index in [9.17, 15) is 0 Å². The zero-order chi connectivity index (χ0) is 25.7. The maximum absolute atomic E-state index is 5.12. The molecular formula is C27H48FIN6Si2. The van der Waals surface area contributed by atoms with Crippen molar-refractivity contribution < 1.29 is 4.70 Å². The normalized spacial score (nSPS) is 8.76. The Hall–Kier alpha value is -2.60. The van der Waals surface area contributed by atoms with Gasteiger partial charge in [0.1, 0.15) is 16.1 Å². The molecule has 0 aliphatic rings. The highest BCUT2D eigenvalue weighted by atomic mass is 127. The minimum absolute atomic E-state index is 0. The van der Waals surface area contributed by atoms with Gasteiger partial charge in [-0.2, -0.15) is 15.3 Å². The van der Waals surface area contributed by atoms with Crippen LogP contribution < -0.4 is 0 Å². The number of hydrogen-bond acceptors (Lipinski definition) is 3. The SMILES string of the molecule is C.C.C.C#C[Si](C)(C)C.C#Cc1cnn(C)c1.Cn1cc(C#C[Si](C)(C)C)cn1.Cn1cc(I)cn1.F. The summed E-state index contributed by atoms with van der Waals surface area (Å²) in [6.07, 6.45) is 21.1. The topological polar surface area (TPSA) is 53.5 Å². The quantitative estimate of drug-likeness (QED) is 0.155. The zero-order valence-electron chi connectivity index (χ0n) is 21.6. The molecule has 0 aliphatic carbocycles. The number of hydrogen-bond donors (Lipinski definition) is 0. The van der Waals surface area contributed by atoms with Gasteiger partial charge < -0.3 is 0 Å². The van der Waals surface area contributed by atoms with Crippen LogP contribution in [0.25, 0.3) is 0 Å². The number of halogens is 2. The van der Waals surface area contributed by atoms with Crippen molar-refractivity contribution in [3.05, 3.63) is 51.9 Å². The molecule has 0 fully saturated rings. The highest BCUT2D eigenvalue weighted by Crippen LogP contribution is 1.99. The minimum atomic E-state index is -1.23. The molecule has 6 nitrogen and oxygen atoms in total. The van der Waals surface area contributed by atoms with Gasteiger partial charge in [0.2, 0.25) is 0 Å². The van der Waals surface area contributed by atoms with Gasteiger partial charge >= 0.3 is 0 Å². The molecule has 3 aromatic rings. The summed E-state index contributed by atoms with van der Waals surface area (Å²) >= 11 is 2.22. The van der Waals surface area contributed by atoms with Crippen LogP contribution in [0.2, 0.25) is 39.3 Å². The minimum Gasteiger partial charge on any atom is -0.275 e. The van der Waals surface area contributed by atoms with E-state index in [-0.39, 0.29) is 27.0 Å². The maximum Gasteiger partial charge on any atom is 0.129 e.